The van der Waals surface area contributed by atoms with E-state index < -0.39 is 5.97 Å². The number of nitrogens with one attached hydrogen (secondary N) is 3. The van der Waals surface area contributed by atoms with Crippen molar-refractivity contribution < 1.29 is 14.7 Å². The Balaban J connectivity index is 0.000000149. The van der Waals surface area contributed by atoms with Gasteiger partial charge in [-0.2, -0.15) is 4.99 Å². The Morgan fingerprint density at radius 3 is 1.85 bits per heavy atom. The zero-order valence-electron chi connectivity index (χ0n) is 24.4. The molecule has 2 aromatic carbocycles. The summed E-state index contributed by atoms with van der Waals surface area (Å²) in [5, 5.41) is 24.8. The number of aromatic carboxylic acids is 1. The molecule has 6 aromatic rings. The second-order valence-corrected chi connectivity index (χ2v) is 9.94. The van der Waals surface area contributed by atoms with Crippen molar-refractivity contribution in [3.05, 3.63) is 120 Å². The molecular weight excluding hydrogens is 652 g/mol. The number of nitrogens with zero attached hydrogens (tertiary/aromatic N) is 7. The summed E-state index contributed by atoms with van der Waals surface area (Å²) in [6.45, 7) is 3.28. The van der Waals surface area contributed by atoms with Crippen LogP contribution in [0.4, 0.5) is 11.6 Å². The van der Waals surface area contributed by atoms with Crippen LogP contribution < -0.4 is 21.9 Å². The Kier molecular flexibility index (Phi) is 9.87. The highest BCUT2D eigenvalue weighted by molar-refractivity contribution is 8.93. The normalized spacial score (nSPS) is 12.7. The SMILES string of the molecule is Br.N=c1nc2ccccc2c2n1CCN2.O=C(N=c1nc2ccccc2c2n1CCN2)c1cccnc1.O=C(O)c1cccnc1. The summed E-state index contributed by atoms with van der Waals surface area (Å²) < 4.78 is 3.85. The fourth-order valence-corrected chi connectivity index (χ4v) is 4.98. The number of anilines is 2. The lowest BCUT2D eigenvalue weighted by Gasteiger charge is -2.07. The summed E-state index contributed by atoms with van der Waals surface area (Å²) in [6, 6.07) is 22.2. The number of benzene rings is 2. The van der Waals surface area contributed by atoms with E-state index in [0.717, 1.165) is 59.6 Å². The molecule has 8 rings (SSSR count). The Morgan fingerprint density at radius 1 is 0.739 bits per heavy atom. The number of halogens is 1. The predicted molar refractivity (Wildman–Crippen MR) is 178 cm³/mol. The third kappa shape index (κ3) is 6.81. The molecular formula is C32H29BrN10O3. The van der Waals surface area contributed by atoms with Gasteiger partial charge in [-0.1, -0.05) is 24.3 Å². The van der Waals surface area contributed by atoms with E-state index >= 15 is 0 Å². The Labute approximate surface area is 272 Å². The number of carbonyl (C=O) groups excluding carboxylic acids is 1. The summed E-state index contributed by atoms with van der Waals surface area (Å²) >= 11 is 0. The summed E-state index contributed by atoms with van der Waals surface area (Å²) in [6.07, 6.45) is 5.98. The van der Waals surface area contributed by atoms with Gasteiger partial charge in [0.25, 0.3) is 5.91 Å². The van der Waals surface area contributed by atoms with Crippen molar-refractivity contribution in [2.45, 2.75) is 13.1 Å². The predicted octanol–water partition coefficient (Wildman–Crippen LogP) is 3.90. The molecule has 0 saturated carbocycles. The molecule has 0 unspecified atom stereocenters. The summed E-state index contributed by atoms with van der Waals surface area (Å²) in [5.74, 6) is 0.713. The van der Waals surface area contributed by atoms with Crippen LogP contribution in [0.15, 0.2) is 103 Å². The van der Waals surface area contributed by atoms with Crippen molar-refractivity contribution >= 4 is 62.3 Å². The van der Waals surface area contributed by atoms with Gasteiger partial charge < -0.3 is 15.7 Å². The van der Waals surface area contributed by atoms with Crippen LogP contribution in [0, 0.1) is 5.41 Å². The largest absolute Gasteiger partial charge is 0.478 e. The Hall–Kier alpha value is -5.76. The molecule has 4 aromatic heterocycles. The van der Waals surface area contributed by atoms with Gasteiger partial charge in [0.2, 0.25) is 11.2 Å². The van der Waals surface area contributed by atoms with Gasteiger partial charge in [-0.3, -0.25) is 29.3 Å². The first-order valence-corrected chi connectivity index (χ1v) is 14.1. The molecule has 0 saturated heterocycles. The van der Waals surface area contributed by atoms with Crippen LogP contribution in [0.1, 0.15) is 20.7 Å². The maximum absolute atomic E-state index is 12.3. The minimum atomic E-state index is -0.942. The molecule has 14 heteroatoms. The number of aromatic nitrogens is 6. The lowest BCUT2D eigenvalue weighted by atomic mass is 10.2. The molecule has 0 radical (unpaired) electrons. The molecule has 0 atom stereocenters. The number of rotatable bonds is 2. The average molecular weight is 682 g/mol. The molecule has 13 nitrogen and oxygen atoms in total. The van der Waals surface area contributed by atoms with E-state index in [1.165, 1.54) is 24.7 Å². The topological polar surface area (TPSA) is 176 Å². The number of amides is 1. The van der Waals surface area contributed by atoms with E-state index in [1.807, 2.05) is 57.7 Å². The monoisotopic (exact) mass is 680 g/mol. The maximum atomic E-state index is 12.3. The number of fused-ring (bicyclic) bond motifs is 6. The first kappa shape index (κ1) is 31.7. The van der Waals surface area contributed by atoms with Crippen molar-refractivity contribution in [1.82, 2.24) is 29.1 Å². The van der Waals surface area contributed by atoms with Gasteiger partial charge in [0, 0.05) is 61.7 Å². The second kappa shape index (κ2) is 14.3. The fourth-order valence-electron chi connectivity index (χ4n) is 4.98. The zero-order valence-corrected chi connectivity index (χ0v) is 26.1. The highest BCUT2D eigenvalue weighted by Crippen LogP contribution is 2.23. The number of carbonyl (C=O) groups is 2. The van der Waals surface area contributed by atoms with Crippen molar-refractivity contribution in [1.29, 1.82) is 5.41 Å². The van der Waals surface area contributed by atoms with Gasteiger partial charge in [-0.05, 0) is 48.5 Å². The number of hydrogen-bond donors (Lipinski definition) is 4. The standard InChI is InChI=1S/C16H13N5O.C10H10N4.C6H5NO2.BrH/c22-15(11-4-3-7-17-10-11)20-16-19-13-6-2-1-5-12(13)14-18-8-9-21(14)16;11-10-13-8-4-2-1-3-7(8)9-12-5-6-14(9)10;8-6(9)5-2-1-3-7-4-5;/h1-7,10,18H,8-9H2;1-4,11-12H,5-6H2;1-4H,(H,8,9);1H. The highest BCUT2D eigenvalue weighted by atomic mass is 79.9. The molecule has 2 aliphatic rings. The number of carboxylic acid groups (broad SMARTS) is 1. The second-order valence-electron chi connectivity index (χ2n) is 9.94. The molecule has 0 fully saturated rings. The van der Waals surface area contributed by atoms with Crippen LogP contribution in [-0.4, -0.2) is 59.1 Å². The summed E-state index contributed by atoms with van der Waals surface area (Å²) in [7, 11) is 0. The molecule has 0 spiro atoms. The van der Waals surface area contributed by atoms with Crippen molar-refractivity contribution in [2.24, 2.45) is 4.99 Å². The minimum absolute atomic E-state index is 0. The highest BCUT2D eigenvalue weighted by Gasteiger charge is 2.16. The van der Waals surface area contributed by atoms with Crippen LogP contribution in [0.2, 0.25) is 0 Å². The van der Waals surface area contributed by atoms with Crippen LogP contribution >= 0.6 is 17.0 Å². The van der Waals surface area contributed by atoms with Gasteiger partial charge in [0.05, 0.1) is 22.2 Å². The molecule has 1 amide bonds. The van der Waals surface area contributed by atoms with Crippen LogP contribution in [-0.2, 0) is 13.1 Å². The first-order valence-electron chi connectivity index (χ1n) is 14.1. The number of carboxylic acids is 1. The molecule has 2 aliphatic heterocycles. The van der Waals surface area contributed by atoms with E-state index in [1.54, 1.807) is 24.4 Å². The van der Waals surface area contributed by atoms with E-state index in [2.05, 4.69) is 35.6 Å². The molecule has 4 N–H and O–H groups in total. The van der Waals surface area contributed by atoms with E-state index in [-0.39, 0.29) is 28.5 Å². The average Bonchev–Trinajstić information content (AvgIpc) is 3.78. The first-order chi connectivity index (χ1) is 22.0. The van der Waals surface area contributed by atoms with Gasteiger partial charge >= 0.3 is 5.97 Å². The van der Waals surface area contributed by atoms with Crippen molar-refractivity contribution in [3.63, 3.8) is 0 Å². The van der Waals surface area contributed by atoms with Gasteiger partial charge in [-0.25, -0.2) is 14.8 Å². The Bertz CT molecular complexity index is 2150. The maximum Gasteiger partial charge on any atom is 0.337 e. The van der Waals surface area contributed by atoms with E-state index in [4.69, 9.17) is 10.5 Å². The van der Waals surface area contributed by atoms with E-state index in [0.29, 0.717) is 16.8 Å². The van der Waals surface area contributed by atoms with Crippen molar-refractivity contribution in [3.8, 4) is 0 Å². The van der Waals surface area contributed by atoms with Gasteiger partial charge in [-0.15, -0.1) is 17.0 Å². The van der Waals surface area contributed by atoms with Crippen LogP contribution in [0.25, 0.3) is 21.8 Å². The van der Waals surface area contributed by atoms with Crippen molar-refractivity contribution in [2.75, 3.05) is 23.7 Å². The smallest absolute Gasteiger partial charge is 0.337 e. The molecule has 46 heavy (non-hydrogen) atoms. The lowest BCUT2D eigenvalue weighted by Crippen LogP contribution is -2.24. The summed E-state index contributed by atoms with van der Waals surface area (Å²) in [5.41, 5.74) is 3.14. The number of para-hydroxylation sites is 2. The number of pyridine rings is 2. The van der Waals surface area contributed by atoms with Gasteiger partial charge in [0.15, 0.2) is 0 Å². The molecule has 0 aliphatic carbocycles. The molecule has 0 bridgehead atoms. The fraction of sp³-hybridized carbons (Fsp3) is 0.125. The van der Waals surface area contributed by atoms with Crippen LogP contribution in [0.3, 0.4) is 0 Å². The quantitative estimate of drug-likeness (QED) is 0.211. The molecule has 232 valence electrons. The summed E-state index contributed by atoms with van der Waals surface area (Å²) in [4.78, 5) is 43.0. The third-order valence-corrected chi connectivity index (χ3v) is 7.08. The zero-order chi connectivity index (χ0) is 31.2. The number of hydrogen-bond acceptors (Lipinski definition) is 9. The molecule has 6 heterocycles. The van der Waals surface area contributed by atoms with E-state index in [9.17, 15) is 9.59 Å². The van der Waals surface area contributed by atoms with Gasteiger partial charge in [0.1, 0.15) is 11.6 Å². The Morgan fingerprint density at radius 2 is 1.28 bits per heavy atom. The minimum Gasteiger partial charge on any atom is -0.478 e. The van der Waals surface area contributed by atoms with Crippen LogP contribution in [0.5, 0.6) is 0 Å². The third-order valence-electron chi connectivity index (χ3n) is 7.08. The lowest BCUT2D eigenvalue weighted by molar-refractivity contribution is 0.0696.